The van der Waals surface area contributed by atoms with Gasteiger partial charge in [0, 0.05) is 56.1 Å². The highest BCUT2D eigenvalue weighted by Crippen LogP contribution is 2.66. The average molecular weight is 1060 g/mol. The first-order valence-corrected chi connectivity index (χ1v) is 26.3. The normalized spacial score (nSPS) is 18.3. The summed E-state index contributed by atoms with van der Waals surface area (Å²) in [6.07, 6.45) is -0.471. The minimum absolute atomic E-state index is 0.00403. The fourth-order valence-electron chi connectivity index (χ4n) is 6.63. The van der Waals surface area contributed by atoms with Crippen molar-refractivity contribution in [1.82, 2.24) is 20.2 Å². The van der Waals surface area contributed by atoms with Gasteiger partial charge in [0.25, 0.3) is 5.56 Å². The summed E-state index contributed by atoms with van der Waals surface area (Å²) in [5.41, 5.74) is 1.46. The second kappa shape index (κ2) is 27.7. The Balaban J connectivity index is 0.855. The molecule has 0 radical (unpaired) electrons. The number of aliphatic hydroxyl groups excluding tert-OH is 1. The molecule has 0 saturated carbocycles. The monoisotopic (exact) mass is 1060 g/mol. The molecule has 2 aromatic carbocycles. The molecule has 1 aromatic heterocycles. The highest BCUT2D eigenvalue weighted by Gasteiger charge is 2.43. The molecule has 388 valence electrons. The summed E-state index contributed by atoms with van der Waals surface area (Å²) < 4.78 is 74.4. The van der Waals surface area contributed by atoms with E-state index in [4.69, 9.17) is 33.5 Å². The highest BCUT2D eigenvalue weighted by molar-refractivity contribution is 7.66. The van der Waals surface area contributed by atoms with E-state index < -0.39 is 59.8 Å². The van der Waals surface area contributed by atoms with E-state index in [2.05, 4.69) is 40.6 Å². The van der Waals surface area contributed by atoms with Gasteiger partial charge in [-0.15, -0.1) is 0 Å². The van der Waals surface area contributed by atoms with Crippen LogP contribution in [0.2, 0.25) is 0 Å². The maximum Gasteiger partial charge on any atom is 0.490 e. The number of phosphoric acid groups is 3. The van der Waals surface area contributed by atoms with E-state index in [9.17, 15) is 52.6 Å². The lowest BCUT2D eigenvalue weighted by Crippen LogP contribution is -2.34. The number of benzene rings is 2. The van der Waals surface area contributed by atoms with Crippen molar-refractivity contribution in [2.75, 3.05) is 77.5 Å². The molecule has 2 aliphatic rings. The third-order valence-electron chi connectivity index (χ3n) is 9.94. The molecule has 0 spiro atoms. The van der Waals surface area contributed by atoms with E-state index in [0.29, 0.717) is 38.7 Å². The maximum absolute atomic E-state index is 13.3. The van der Waals surface area contributed by atoms with Crippen LogP contribution >= 0.6 is 23.5 Å². The summed E-state index contributed by atoms with van der Waals surface area (Å²) in [7, 11) is -16.9. The molecular formula is C42H54N5O21P3. The lowest BCUT2D eigenvalue weighted by Gasteiger charge is -2.26. The fourth-order valence-corrected chi connectivity index (χ4v) is 9.66. The Labute approximate surface area is 405 Å². The van der Waals surface area contributed by atoms with Gasteiger partial charge in [-0.2, -0.15) is 8.62 Å². The number of carbonyl (C=O) groups is 3. The summed E-state index contributed by atoms with van der Waals surface area (Å²) in [6.45, 7) is 1.72. The van der Waals surface area contributed by atoms with Gasteiger partial charge in [-0.05, 0) is 23.8 Å². The van der Waals surface area contributed by atoms with Crippen LogP contribution in [0.4, 0.5) is 5.69 Å². The van der Waals surface area contributed by atoms with Crippen LogP contribution in [0.25, 0.3) is 6.08 Å². The summed E-state index contributed by atoms with van der Waals surface area (Å²) in [5, 5.41) is 15.8. The van der Waals surface area contributed by atoms with Crippen molar-refractivity contribution >= 4 is 53.0 Å². The largest absolute Gasteiger partial charge is 0.490 e. The summed E-state index contributed by atoms with van der Waals surface area (Å²) in [6, 6.07) is 15.1. The molecular weight excluding hydrogens is 1000 g/mol. The quantitative estimate of drug-likeness (QED) is 0.0273. The molecule has 3 aromatic rings. The molecule has 0 bridgehead atoms. The van der Waals surface area contributed by atoms with Crippen LogP contribution in [0.5, 0.6) is 0 Å². The predicted octanol–water partition coefficient (Wildman–Crippen LogP) is 0.957. The minimum atomic E-state index is -5.78. The van der Waals surface area contributed by atoms with Crippen LogP contribution in [0.3, 0.4) is 0 Å². The number of aromatic amines is 1. The number of nitrogens with one attached hydrogen (secondary N) is 3. The summed E-state index contributed by atoms with van der Waals surface area (Å²) >= 11 is 0. The van der Waals surface area contributed by atoms with Gasteiger partial charge in [0.2, 0.25) is 17.7 Å². The van der Waals surface area contributed by atoms with Gasteiger partial charge in [0.1, 0.15) is 12.3 Å². The van der Waals surface area contributed by atoms with E-state index in [1.54, 1.807) is 4.90 Å². The lowest BCUT2D eigenvalue weighted by atomic mass is 10.0. The van der Waals surface area contributed by atoms with E-state index in [1.807, 2.05) is 48.5 Å². The number of anilines is 1. The van der Waals surface area contributed by atoms with Gasteiger partial charge in [-0.25, -0.2) is 18.5 Å². The SMILES string of the molecule is O=C(CCOCCOCCOCCOCCNC(=O)CCC(=O)N1Cc2ccccc2C#Cc2ccccc21)NC/C=C\c1cn([C@H]2C[C@H](O)[C@@H](COP(=O)(O)OP(=O)(O)OP(=O)(O)O)O2)c(=O)[nH]c1=O. The average Bonchev–Trinajstić information content (AvgIpc) is 3.67. The number of aromatic nitrogens is 2. The second-order valence-electron chi connectivity index (χ2n) is 15.2. The molecule has 8 N–H and O–H groups in total. The number of carbonyl (C=O) groups excluding carboxylic acids is 3. The molecule has 29 heteroatoms. The van der Waals surface area contributed by atoms with Crippen LogP contribution in [0.15, 0.2) is 70.4 Å². The third-order valence-corrected chi connectivity index (χ3v) is 13.7. The van der Waals surface area contributed by atoms with Crippen molar-refractivity contribution in [2.24, 2.45) is 0 Å². The third kappa shape index (κ3) is 19.9. The molecule has 3 heterocycles. The number of amides is 3. The lowest BCUT2D eigenvalue weighted by molar-refractivity contribution is -0.125. The number of aliphatic hydroxyl groups is 1. The molecule has 1 fully saturated rings. The first kappa shape index (κ1) is 56.9. The number of fused-ring (bicyclic) bond motifs is 2. The van der Waals surface area contributed by atoms with Gasteiger partial charge in [-0.3, -0.25) is 33.3 Å². The molecule has 71 heavy (non-hydrogen) atoms. The van der Waals surface area contributed by atoms with E-state index in [0.717, 1.165) is 27.5 Å². The molecule has 2 unspecified atom stereocenters. The Morgan fingerprint density at radius 3 is 2.10 bits per heavy atom. The van der Waals surface area contributed by atoms with Crippen molar-refractivity contribution in [3.63, 3.8) is 0 Å². The summed E-state index contributed by atoms with van der Waals surface area (Å²) in [5.74, 6) is 5.55. The molecule has 26 nitrogen and oxygen atoms in total. The van der Waals surface area contributed by atoms with Crippen molar-refractivity contribution in [3.05, 3.63) is 104 Å². The smallest absolute Gasteiger partial charge is 0.390 e. The van der Waals surface area contributed by atoms with Crippen molar-refractivity contribution in [3.8, 4) is 11.8 Å². The van der Waals surface area contributed by atoms with Crippen LogP contribution in [0, 0.1) is 11.8 Å². The zero-order valence-electron chi connectivity index (χ0n) is 37.9. The molecule has 0 aliphatic carbocycles. The molecule has 5 atom stereocenters. The van der Waals surface area contributed by atoms with Crippen LogP contribution in [0.1, 0.15) is 54.2 Å². The number of hydrogen-bond acceptors (Lipinski definition) is 17. The minimum Gasteiger partial charge on any atom is -0.390 e. The molecule has 5 rings (SSSR count). The van der Waals surface area contributed by atoms with Gasteiger partial charge in [0.15, 0.2) is 0 Å². The fraction of sp³-hybridized carbons (Fsp3) is 0.452. The Morgan fingerprint density at radius 1 is 0.775 bits per heavy atom. The Hall–Kier alpha value is -5.00. The first-order chi connectivity index (χ1) is 33.8. The number of hydrogen-bond donors (Lipinski definition) is 8. The standard InChI is InChI=1S/C42H54N5O21P3/c48-35-26-40(66-36(35)29-65-70(57,58)68-71(59,60)67-69(54,55)56)47-28-33(41(52)45-42(47)53)9-5-16-43-38(50)15-18-61-20-22-63-24-25-64-23-21-62-19-17-44-37(49)13-14-39(51)46-27-32-8-2-1-6-30(32)11-12-31-7-3-4-10-34(31)46/h1-10,28,35-36,40,48H,13-27,29H2,(H,43,50)(H,44,49)(H,57,58)(H,59,60)(H,45,52,53)(H2,54,55,56)/b9-5-/t35-,36+,40+/m0/s1. The number of ether oxygens (including phenoxy) is 5. The maximum atomic E-state index is 13.3. The number of para-hydroxylation sites is 1. The first-order valence-electron chi connectivity index (χ1n) is 21.8. The number of nitrogens with zero attached hydrogens (tertiary/aromatic N) is 2. The highest BCUT2D eigenvalue weighted by atomic mass is 31.3. The van der Waals surface area contributed by atoms with Crippen LogP contribution in [-0.2, 0) is 71.5 Å². The van der Waals surface area contributed by atoms with Gasteiger partial charge >= 0.3 is 29.2 Å². The number of H-pyrrole nitrogens is 1. The molecule has 2 aliphatic heterocycles. The van der Waals surface area contributed by atoms with E-state index >= 15 is 0 Å². The Bertz CT molecular complexity index is 2660. The molecule has 1 saturated heterocycles. The van der Waals surface area contributed by atoms with Crippen LogP contribution < -0.4 is 26.8 Å². The zero-order chi connectivity index (χ0) is 51.4. The van der Waals surface area contributed by atoms with E-state index in [-0.39, 0.29) is 88.5 Å². The van der Waals surface area contributed by atoms with Gasteiger partial charge in [-0.1, -0.05) is 54.3 Å². The van der Waals surface area contributed by atoms with Crippen molar-refractivity contribution in [2.45, 2.75) is 50.7 Å². The van der Waals surface area contributed by atoms with Crippen LogP contribution in [-0.4, -0.2) is 137 Å². The van der Waals surface area contributed by atoms with Gasteiger partial charge < -0.3 is 63.9 Å². The molecule has 3 amide bonds. The van der Waals surface area contributed by atoms with Crippen molar-refractivity contribution < 1.29 is 89.6 Å². The Morgan fingerprint density at radius 2 is 1.39 bits per heavy atom. The van der Waals surface area contributed by atoms with E-state index in [1.165, 1.54) is 12.2 Å². The van der Waals surface area contributed by atoms with Gasteiger partial charge in [0.05, 0.1) is 83.4 Å². The summed E-state index contributed by atoms with van der Waals surface area (Å²) in [4.78, 5) is 103. The number of phosphoric ester groups is 1. The zero-order valence-corrected chi connectivity index (χ0v) is 40.6. The van der Waals surface area contributed by atoms with Crippen molar-refractivity contribution in [1.29, 1.82) is 0 Å². The number of rotatable bonds is 29. The Kier molecular flexibility index (Phi) is 22.2. The predicted molar refractivity (Wildman–Crippen MR) is 248 cm³/mol. The second-order valence-corrected chi connectivity index (χ2v) is 19.7. The topological polar surface area (TPSA) is 360 Å².